The van der Waals surface area contributed by atoms with Crippen molar-refractivity contribution < 1.29 is 19.2 Å². The second-order valence-corrected chi connectivity index (χ2v) is 4.49. The number of ether oxygens (including phenoxy) is 2. The highest BCUT2D eigenvalue weighted by molar-refractivity contribution is 5.90. The summed E-state index contributed by atoms with van der Waals surface area (Å²) in [6, 6.07) is 12.6. The molecule has 0 aromatic heterocycles. The van der Waals surface area contributed by atoms with E-state index in [1.807, 2.05) is 6.07 Å². The molecule has 0 aliphatic rings. The van der Waals surface area contributed by atoms with E-state index in [2.05, 4.69) is 4.74 Å². The van der Waals surface area contributed by atoms with Gasteiger partial charge in [-0.25, -0.2) is 4.79 Å². The number of benzene rings is 2. The lowest BCUT2D eigenvalue weighted by Crippen LogP contribution is -2.05. The molecular formula is C16H12N2O5. The smallest absolute Gasteiger partial charge is 0.338 e. The number of nitriles is 1. The van der Waals surface area contributed by atoms with E-state index < -0.39 is 10.9 Å². The topological polar surface area (TPSA) is 102 Å². The highest BCUT2D eigenvalue weighted by Crippen LogP contribution is 2.29. The van der Waals surface area contributed by atoms with Crippen molar-refractivity contribution in [1.82, 2.24) is 0 Å². The highest BCUT2D eigenvalue weighted by atomic mass is 16.6. The maximum absolute atomic E-state index is 11.4. The molecule has 7 heteroatoms. The van der Waals surface area contributed by atoms with E-state index in [0.29, 0.717) is 11.1 Å². The van der Waals surface area contributed by atoms with Gasteiger partial charge in [-0.05, 0) is 18.2 Å². The SMILES string of the molecule is COC(=O)c1ccc(OCc2ccccc2C#N)c([N+](=O)[O-])c1. The minimum Gasteiger partial charge on any atom is -0.482 e. The summed E-state index contributed by atoms with van der Waals surface area (Å²) in [5.41, 5.74) is 0.758. The molecule has 0 N–H and O–H groups in total. The van der Waals surface area contributed by atoms with Gasteiger partial charge in [-0.15, -0.1) is 0 Å². The minimum absolute atomic E-state index is 0.00213. The van der Waals surface area contributed by atoms with E-state index in [1.165, 1.54) is 19.2 Å². The fourth-order valence-electron chi connectivity index (χ4n) is 1.94. The number of esters is 1. The Morgan fingerprint density at radius 1 is 1.30 bits per heavy atom. The molecule has 0 amide bonds. The molecule has 2 rings (SSSR count). The van der Waals surface area contributed by atoms with E-state index >= 15 is 0 Å². The number of methoxy groups -OCH3 is 1. The molecule has 0 fully saturated rings. The van der Waals surface area contributed by atoms with Gasteiger partial charge in [0.2, 0.25) is 0 Å². The Balaban J connectivity index is 2.28. The summed E-state index contributed by atoms with van der Waals surface area (Å²) in [5, 5.41) is 20.2. The van der Waals surface area contributed by atoms with Crippen LogP contribution in [-0.4, -0.2) is 18.0 Å². The molecule has 0 saturated heterocycles. The van der Waals surface area contributed by atoms with Crippen LogP contribution in [0.1, 0.15) is 21.5 Å². The van der Waals surface area contributed by atoms with Gasteiger partial charge in [0.05, 0.1) is 29.2 Å². The molecule has 2 aromatic rings. The maximum atomic E-state index is 11.4. The van der Waals surface area contributed by atoms with Crippen LogP contribution < -0.4 is 4.74 Å². The first-order chi connectivity index (χ1) is 11.1. The van der Waals surface area contributed by atoms with Crippen molar-refractivity contribution in [1.29, 1.82) is 5.26 Å². The van der Waals surface area contributed by atoms with Crippen molar-refractivity contribution >= 4 is 11.7 Å². The average Bonchev–Trinajstić information content (AvgIpc) is 2.59. The van der Waals surface area contributed by atoms with Gasteiger partial charge in [-0.1, -0.05) is 18.2 Å². The minimum atomic E-state index is -0.672. The third-order valence-electron chi connectivity index (χ3n) is 3.10. The summed E-state index contributed by atoms with van der Waals surface area (Å²) in [7, 11) is 1.19. The number of hydrogen-bond acceptors (Lipinski definition) is 6. The molecule has 0 radical (unpaired) electrons. The molecule has 0 aliphatic carbocycles. The molecule has 0 spiro atoms. The third kappa shape index (κ3) is 3.63. The molecule has 2 aromatic carbocycles. The molecule has 23 heavy (non-hydrogen) atoms. The van der Waals surface area contributed by atoms with Crippen LogP contribution in [0.5, 0.6) is 5.75 Å². The quantitative estimate of drug-likeness (QED) is 0.478. The van der Waals surface area contributed by atoms with Gasteiger partial charge < -0.3 is 9.47 Å². The van der Waals surface area contributed by atoms with E-state index in [0.717, 1.165) is 6.07 Å². The second-order valence-electron chi connectivity index (χ2n) is 4.49. The fraction of sp³-hybridized carbons (Fsp3) is 0.125. The number of nitrogens with zero attached hydrogens (tertiary/aromatic N) is 2. The zero-order valence-corrected chi connectivity index (χ0v) is 12.2. The molecule has 7 nitrogen and oxygen atoms in total. The van der Waals surface area contributed by atoms with Gasteiger partial charge in [0, 0.05) is 11.6 Å². The summed E-state index contributed by atoms with van der Waals surface area (Å²) in [6.07, 6.45) is 0. The zero-order chi connectivity index (χ0) is 16.8. The molecule has 116 valence electrons. The van der Waals surface area contributed by atoms with Crippen LogP contribution >= 0.6 is 0 Å². The first-order valence-corrected chi connectivity index (χ1v) is 6.54. The lowest BCUT2D eigenvalue weighted by atomic mass is 10.1. The van der Waals surface area contributed by atoms with Crippen molar-refractivity contribution in [3.63, 3.8) is 0 Å². The van der Waals surface area contributed by atoms with E-state index in [-0.39, 0.29) is 23.6 Å². The second kappa shape index (κ2) is 7.04. The Kier molecular flexibility index (Phi) is 4.89. The van der Waals surface area contributed by atoms with Gasteiger partial charge in [0.1, 0.15) is 6.61 Å². The summed E-state index contributed by atoms with van der Waals surface area (Å²) in [4.78, 5) is 21.9. The summed E-state index contributed by atoms with van der Waals surface area (Å²) >= 11 is 0. The predicted molar refractivity (Wildman–Crippen MR) is 79.9 cm³/mol. The number of carbonyl (C=O) groups excluding carboxylic acids is 1. The van der Waals surface area contributed by atoms with Crippen LogP contribution in [0.4, 0.5) is 5.69 Å². The number of rotatable bonds is 5. The Hall–Kier alpha value is -3.40. The molecule has 0 atom stereocenters. The number of hydrogen-bond donors (Lipinski definition) is 0. The van der Waals surface area contributed by atoms with Crippen LogP contribution in [0.15, 0.2) is 42.5 Å². The van der Waals surface area contributed by atoms with Crippen molar-refractivity contribution in [2.24, 2.45) is 0 Å². The van der Waals surface area contributed by atoms with Crippen LogP contribution in [0.2, 0.25) is 0 Å². The van der Waals surface area contributed by atoms with E-state index in [1.54, 1.807) is 24.3 Å². The van der Waals surface area contributed by atoms with E-state index in [9.17, 15) is 14.9 Å². The lowest BCUT2D eigenvalue weighted by Gasteiger charge is -2.09. The van der Waals surface area contributed by atoms with Gasteiger partial charge in [0.25, 0.3) is 0 Å². The van der Waals surface area contributed by atoms with Gasteiger partial charge >= 0.3 is 11.7 Å². The molecule has 0 unspecified atom stereocenters. The van der Waals surface area contributed by atoms with Crippen molar-refractivity contribution in [2.75, 3.05) is 7.11 Å². The van der Waals surface area contributed by atoms with Gasteiger partial charge in [0.15, 0.2) is 5.75 Å². The van der Waals surface area contributed by atoms with Crippen LogP contribution in [0.25, 0.3) is 0 Å². The molecule has 0 aliphatic heterocycles. The van der Waals surface area contributed by atoms with Gasteiger partial charge in [-0.2, -0.15) is 5.26 Å². The third-order valence-corrected chi connectivity index (χ3v) is 3.10. The molecular weight excluding hydrogens is 300 g/mol. The molecule has 0 heterocycles. The standard InChI is InChI=1S/C16H12N2O5/c1-22-16(19)11-6-7-15(14(8-11)18(20)21)23-10-13-5-3-2-4-12(13)9-17/h2-8H,10H2,1H3. The maximum Gasteiger partial charge on any atom is 0.338 e. The summed E-state index contributed by atoms with van der Waals surface area (Å²) in [5.74, 6) is -0.662. The molecule has 0 bridgehead atoms. The van der Waals surface area contributed by atoms with Crippen LogP contribution in [0.3, 0.4) is 0 Å². The molecule has 0 saturated carbocycles. The van der Waals surface area contributed by atoms with Crippen molar-refractivity contribution in [3.8, 4) is 11.8 Å². The van der Waals surface area contributed by atoms with Crippen molar-refractivity contribution in [3.05, 3.63) is 69.3 Å². The largest absolute Gasteiger partial charge is 0.482 e. The first-order valence-electron chi connectivity index (χ1n) is 6.54. The average molecular weight is 312 g/mol. The van der Waals surface area contributed by atoms with Crippen LogP contribution in [-0.2, 0) is 11.3 Å². The first kappa shape index (κ1) is 16.0. The Bertz CT molecular complexity index is 795. The van der Waals surface area contributed by atoms with Crippen LogP contribution in [0, 0.1) is 21.4 Å². The highest BCUT2D eigenvalue weighted by Gasteiger charge is 2.19. The number of nitro groups is 1. The fourth-order valence-corrected chi connectivity index (χ4v) is 1.94. The number of nitro benzene ring substituents is 1. The normalized spacial score (nSPS) is 9.74. The Morgan fingerprint density at radius 2 is 2.04 bits per heavy atom. The zero-order valence-electron chi connectivity index (χ0n) is 12.2. The predicted octanol–water partition coefficient (Wildman–Crippen LogP) is 2.83. The Labute approximate surface area is 131 Å². The summed E-state index contributed by atoms with van der Waals surface area (Å²) in [6.45, 7) is 0.00213. The Morgan fingerprint density at radius 3 is 2.70 bits per heavy atom. The van der Waals surface area contributed by atoms with E-state index in [4.69, 9.17) is 10.00 Å². The monoisotopic (exact) mass is 312 g/mol. The van der Waals surface area contributed by atoms with Gasteiger partial charge in [-0.3, -0.25) is 10.1 Å². The summed E-state index contributed by atoms with van der Waals surface area (Å²) < 4.78 is 9.98. The van der Waals surface area contributed by atoms with Crippen molar-refractivity contribution in [2.45, 2.75) is 6.61 Å². The number of carbonyl (C=O) groups is 1. The lowest BCUT2D eigenvalue weighted by molar-refractivity contribution is -0.386.